The summed E-state index contributed by atoms with van der Waals surface area (Å²) in [6.45, 7) is 6.70. The van der Waals surface area contributed by atoms with Gasteiger partial charge in [-0.05, 0) is 96.0 Å². The second kappa shape index (κ2) is 54.8. The maximum Gasteiger partial charge on any atom is 0.306 e. The Morgan fingerprint density at radius 3 is 1.31 bits per heavy atom. The van der Waals surface area contributed by atoms with Gasteiger partial charge in [0.15, 0.2) is 0 Å². The van der Waals surface area contributed by atoms with Gasteiger partial charge < -0.3 is 28.5 Å². The molecule has 3 unspecified atom stereocenters. The number of carbonyl (C=O) groups excluding carboxylic acids is 2. The Balaban J connectivity index is 5.23. The van der Waals surface area contributed by atoms with Crippen LogP contribution in [0, 0.1) is 0 Å². The fourth-order valence-corrected chi connectivity index (χ4v) is 9.52. The molecular weight excluding hydrogens is 952 g/mol. The molecule has 0 aromatic rings. The van der Waals surface area contributed by atoms with Crippen molar-refractivity contribution < 1.29 is 37.3 Å². The van der Waals surface area contributed by atoms with E-state index in [2.05, 4.69) is 86.8 Å². The monoisotopic (exact) mass is 1070 g/mol. The molecule has 1 N–H and O–H groups in total. The van der Waals surface area contributed by atoms with Gasteiger partial charge >= 0.3 is 5.97 Å². The Morgan fingerprint density at radius 2 is 0.853 bits per heavy atom. The summed E-state index contributed by atoms with van der Waals surface area (Å²) in [6.07, 6.45) is 70.1. The first kappa shape index (κ1) is 72.5. The van der Waals surface area contributed by atoms with Gasteiger partial charge in [0.25, 0.3) is 7.82 Å². The number of hydrogen-bond acceptors (Lipinski definition) is 7. The Labute approximate surface area is 463 Å². The quantitative estimate of drug-likeness (QED) is 0.0212. The van der Waals surface area contributed by atoms with Crippen molar-refractivity contribution in [3.63, 3.8) is 0 Å². The van der Waals surface area contributed by atoms with Crippen LogP contribution in [-0.4, -0.2) is 69.4 Å². The van der Waals surface area contributed by atoms with E-state index in [1.165, 1.54) is 135 Å². The predicted octanol–water partition coefficient (Wildman–Crippen LogP) is 18.6. The summed E-state index contributed by atoms with van der Waals surface area (Å²) in [6, 6.07) is -0.898. The number of unbranched alkanes of at least 4 members (excludes halogenated alkanes) is 30. The fraction of sp³-hybridized carbons (Fsp3) is 0.785. The number of esters is 1. The second-order valence-corrected chi connectivity index (χ2v) is 23.6. The zero-order chi connectivity index (χ0) is 55.0. The molecule has 9 nitrogen and oxygen atoms in total. The summed E-state index contributed by atoms with van der Waals surface area (Å²) in [5, 5.41) is 3.02. The molecule has 10 heteroatoms. The number of phosphoric acid groups is 1. The first-order chi connectivity index (χ1) is 36.4. The Morgan fingerprint density at radius 1 is 0.480 bits per heavy atom. The highest BCUT2D eigenvalue weighted by Gasteiger charge is 2.27. The van der Waals surface area contributed by atoms with Crippen molar-refractivity contribution in [2.45, 2.75) is 290 Å². The summed E-state index contributed by atoms with van der Waals surface area (Å²) >= 11 is 0. The molecule has 0 fully saturated rings. The summed E-state index contributed by atoms with van der Waals surface area (Å²) < 4.78 is 30.3. The van der Waals surface area contributed by atoms with Crippen molar-refractivity contribution in [3.8, 4) is 0 Å². The molecule has 1 amide bonds. The van der Waals surface area contributed by atoms with E-state index >= 15 is 0 Å². The molecular formula is C65H119N2O7P. The lowest BCUT2D eigenvalue weighted by Gasteiger charge is -2.30. The van der Waals surface area contributed by atoms with Crippen LogP contribution in [0.4, 0.5) is 0 Å². The van der Waals surface area contributed by atoms with Crippen LogP contribution in [0.1, 0.15) is 278 Å². The number of ether oxygens (including phenoxy) is 1. The SMILES string of the molecule is CC/C=C/C/C=C/C/C=C/CCCCCCCCC(=O)NC(COP(=O)([O-])OCC[N+](C)(C)C)C(/C=C/CCCCCCCCCCCC)OC(=O)CCCCCCCCCCCCC/C=C\C/C=C\CCCCC. The molecule has 75 heavy (non-hydrogen) atoms. The highest BCUT2D eigenvalue weighted by atomic mass is 31.2. The third-order valence-electron chi connectivity index (χ3n) is 13.6. The van der Waals surface area contributed by atoms with Crippen molar-refractivity contribution in [1.82, 2.24) is 5.32 Å². The number of carbonyl (C=O) groups is 2. The van der Waals surface area contributed by atoms with E-state index in [4.69, 9.17) is 13.8 Å². The van der Waals surface area contributed by atoms with Crippen molar-refractivity contribution >= 4 is 19.7 Å². The molecule has 0 rings (SSSR count). The number of nitrogens with zero attached hydrogens (tertiary/aromatic N) is 1. The number of likely N-dealkylation sites (N-methyl/N-ethyl adjacent to an activating group) is 1. The molecule has 3 atom stereocenters. The third-order valence-corrected chi connectivity index (χ3v) is 14.6. The van der Waals surface area contributed by atoms with E-state index in [9.17, 15) is 19.0 Å². The number of amides is 1. The van der Waals surface area contributed by atoms with Gasteiger partial charge in [-0.1, -0.05) is 242 Å². The molecule has 0 bridgehead atoms. The van der Waals surface area contributed by atoms with E-state index in [1.54, 1.807) is 0 Å². The number of quaternary nitrogens is 1. The zero-order valence-corrected chi connectivity index (χ0v) is 50.6. The van der Waals surface area contributed by atoms with E-state index < -0.39 is 26.6 Å². The number of phosphoric ester groups is 1. The summed E-state index contributed by atoms with van der Waals surface area (Å²) in [5.74, 6) is -0.555. The van der Waals surface area contributed by atoms with Crippen LogP contribution in [0.5, 0.6) is 0 Å². The highest BCUT2D eigenvalue weighted by Crippen LogP contribution is 2.38. The number of allylic oxidation sites excluding steroid dienone is 11. The van der Waals surface area contributed by atoms with Gasteiger partial charge in [0.1, 0.15) is 19.3 Å². The highest BCUT2D eigenvalue weighted by molar-refractivity contribution is 7.45. The van der Waals surface area contributed by atoms with Crippen LogP contribution in [0.2, 0.25) is 0 Å². The molecule has 436 valence electrons. The van der Waals surface area contributed by atoms with Crippen molar-refractivity contribution in [2.24, 2.45) is 0 Å². The summed E-state index contributed by atoms with van der Waals surface area (Å²) in [5.41, 5.74) is 0. The lowest BCUT2D eigenvalue weighted by molar-refractivity contribution is -0.870. The van der Waals surface area contributed by atoms with Crippen LogP contribution >= 0.6 is 7.82 Å². The summed E-state index contributed by atoms with van der Waals surface area (Å²) in [7, 11) is 1.17. The molecule has 0 heterocycles. The lowest BCUT2D eigenvalue weighted by Crippen LogP contribution is -2.47. The molecule has 0 aliphatic carbocycles. The van der Waals surface area contributed by atoms with Gasteiger partial charge in [-0.15, -0.1) is 0 Å². The van der Waals surface area contributed by atoms with Crippen LogP contribution in [0.25, 0.3) is 0 Å². The van der Waals surface area contributed by atoms with Crippen molar-refractivity contribution in [3.05, 3.63) is 72.9 Å². The molecule has 0 spiro atoms. The minimum absolute atomic E-state index is 0.0273. The van der Waals surface area contributed by atoms with Crippen molar-refractivity contribution in [1.29, 1.82) is 0 Å². The standard InChI is InChI=1S/C65H119N2O7P/c1-7-10-13-16-19-22-25-28-30-32-33-34-35-36-38-40-43-46-49-52-55-58-65(69)74-63(56-53-50-47-44-41-27-24-21-18-15-12-9-3)62(61-73-75(70,71)72-60-59-67(4,5)6)66-64(68)57-54-51-48-45-42-39-37-31-29-26-23-20-17-14-11-8-2/h11,14,19-20,22-23,28-31,53,56,62-63H,7-10,12-13,15-18,21,24-27,32-52,54-55,57-61H2,1-6H3,(H-,66,68,70,71)/b14-11+,22-19-,23-20+,30-28-,31-29+,56-53+. The Kier molecular flexibility index (Phi) is 52.9. The van der Waals surface area contributed by atoms with Crippen LogP contribution in [-0.2, 0) is 27.9 Å². The second-order valence-electron chi connectivity index (χ2n) is 22.2. The maximum atomic E-state index is 13.5. The molecule has 0 aromatic carbocycles. The third kappa shape index (κ3) is 56.0. The topological polar surface area (TPSA) is 114 Å². The maximum absolute atomic E-state index is 13.5. The zero-order valence-electron chi connectivity index (χ0n) is 49.7. The van der Waals surface area contributed by atoms with E-state index in [0.717, 1.165) is 109 Å². The number of nitrogens with one attached hydrogen (secondary N) is 1. The molecule has 0 saturated carbocycles. The molecule has 0 aliphatic rings. The van der Waals surface area contributed by atoms with E-state index in [1.807, 2.05) is 33.3 Å². The molecule has 0 saturated heterocycles. The average molecular weight is 1070 g/mol. The van der Waals surface area contributed by atoms with Gasteiger partial charge in [-0.3, -0.25) is 14.2 Å². The smallest absolute Gasteiger partial charge is 0.306 e. The fourth-order valence-electron chi connectivity index (χ4n) is 8.80. The minimum Gasteiger partial charge on any atom is -0.756 e. The van der Waals surface area contributed by atoms with Crippen molar-refractivity contribution in [2.75, 3.05) is 40.9 Å². The first-order valence-corrected chi connectivity index (χ1v) is 32.7. The van der Waals surface area contributed by atoms with Gasteiger partial charge in [0.05, 0.1) is 33.8 Å². The average Bonchev–Trinajstić information content (AvgIpc) is 3.37. The van der Waals surface area contributed by atoms with Crippen LogP contribution in [0.15, 0.2) is 72.9 Å². The Bertz CT molecular complexity index is 1510. The first-order valence-electron chi connectivity index (χ1n) is 31.2. The number of hydrogen-bond donors (Lipinski definition) is 1. The number of rotatable bonds is 56. The summed E-state index contributed by atoms with van der Waals surface area (Å²) in [4.78, 5) is 40.0. The van der Waals surface area contributed by atoms with E-state index in [-0.39, 0.29) is 24.9 Å². The van der Waals surface area contributed by atoms with E-state index in [0.29, 0.717) is 17.4 Å². The van der Waals surface area contributed by atoms with Gasteiger partial charge in [0, 0.05) is 12.8 Å². The largest absolute Gasteiger partial charge is 0.756 e. The van der Waals surface area contributed by atoms with Crippen LogP contribution < -0.4 is 10.2 Å². The molecule has 0 radical (unpaired) electrons. The van der Waals surface area contributed by atoms with Crippen LogP contribution in [0.3, 0.4) is 0 Å². The normalized spacial score (nSPS) is 14.2. The van der Waals surface area contributed by atoms with Gasteiger partial charge in [-0.25, -0.2) is 0 Å². The van der Waals surface area contributed by atoms with Gasteiger partial charge in [-0.2, -0.15) is 0 Å². The predicted molar refractivity (Wildman–Crippen MR) is 321 cm³/mol. The molecule has 0 aromatic heterocycles. The van der Waals surface area contributed by atoms with Gasteiger partial charge in [0.2, 0.25) is 5.91 Å². The Hall–Kier alpha value is -2.55. The lowest BCUT2D eigenvalue weighted by atomic mass is 10.0. The molecule has 0 aliphatic heterocycles. The minimum atomic E-state index is -4.70.